The van der Waals surface area contributed by atoms with Gasteiger partial charge in [0.2, 0.25) is 0 Å². The van der Waals surface area contributed by atoms with Crippen LogP contribution in [0.4, 0.5) is 4.79 Å². The van der Waals surface area contributed by atoms with E-state index in [4.69, 9.17) is 9.47 Å². The Bertz CT molecular complexity index is 268. The van der Waals surface area contributed by atoms with E-state index in [0.717, 1.165) is 12.8 Å². The fraction of sp³-hybridized carbons (Fsp3) is 0.846. The van der Waals surface area contributed by atoms with Crippen molar-refractivity contribution in [2.75, 3.05) is 20.5 Å². The van der Waals surface area contributed by atoms with Crippen LogP contribution in [0.1, 0.15) is 40.0 Å². The number of methoxy groups -OCH3 is 1. The monoisotopic (exact) mass is 275 g/mol. The summed E-state index contributed by atoms with van der Waals surface area (Å²) < 4.78 is 14.7. The lowest BCUT2D eigenvalue weighted by Gasteiger charge is -2.21. The van der Waals surface area contributed by atoms with E-state index in [2.05, 4.69) is 10.1 Å². The first-order valence-electron chi connectivity index (χ1n) is 6.59. The van der Waals surface area contributed by atoms with Crippen LogP contribution in [0, 0.1) is 5.92 Å². The molecule has 0 fully saturated rings. The Labute approximate surface area is 114 Å². The van der Waals surface area contributed by atoms with Crippen LogP contribution < -0.4 is 5.32 Å². The predicted molar refractivity (Wildman–Crippen MR) is 70.6 cm³/mol. The topological polar surface area (TPSA) is 73.9 Å². The molecule has 1 amide bonds. The van der Waals surface area contributed by atoms with Gasteiger partial charge in [-0.1, -0.05) is 27.2 Å². The van der Waals surface area contributed by atoms with Crippen LogP contribution in [0.3, 0.4) is 0 Å². The Kier molecular flexibility index (Phi) is 9.88. The van der Waals surface area contributed by atoms with Gasteiger partial charge < -0.3 is 19.5 Å². The highest BCUT2D eigenvalue weighted by atomic mass is 16.7. The van der Waals surface area contributed by atoms with Gasteiger partial charge in [-0.3, -0.25) is 4.79 Å². The molecule has 19 heavy (non-hydrogen) atoms. The Morgan fingerprint density at radius 3 is 2.47 bits per heavy atom. The largest absolute Gasteiger partial charge is 0.453 e. The number of unbranched alkanes of at least 4 members (excludes halogenated alkanes) is 1. The Morgan fingerprint density at radius 1 is 1.26 bits per heavy atom. The molecule has 0 heterocycles. The predicted octanol–water partition coefficient (Wildman–Crippen LogP) is 2.07. The van der Waals surface area contributed by atoms with Crippen LogP contribution in [-0.2, 0) is 19.0 Å². The van der Waals surface area contributed by atoms with Crippen molar-refractivity contribution in [2.24, 2.45) is 5.92 Å². The number of carbonyl (C=O) groups is 2. The lowest BCUT2D eigenvalue weighted by Crippen LogP contribution is -2.42. The molecular formula is C13H25NO5. The number of alkyl carbamates (subject to hydrolysis) is 1. The van der Waals surface area contributed by atoms with Gasteiger partial charge in [0.25, 0.3) is 0 Å². The van der Waals surface area contributed by atoms with Crippen LogP contribution in [0.25, 0.3) is 0 Å². The molecular weight excluding hydrogens is 250 g/mol. The van der Waals surface area contributed by atoms with Crippen molar-refractivity contribution in [3.63, 3.8) is 0 Å². The minimum absolute atomic E-state index is 0.0887. The van der Waals surface area contributed by atoms with E-state index in [1.54, 1.807) is 0 Å². The molecule has 0 bridgehead atoms. The third-order valence-corrected chi connectivity index (χ3v) is 2.63. The highest BCUT2D eigenvalue weighted by molar-refractivity contribution is 5.69. The Balaban J connectivity index is 3.81. The smallest absolute Gasteiger partial charge is 0.407 e. The SMILES string of the molecule is CCCCC(=O)OCOC[C@H](NC(=O)OC)C(C)C. The summed E-state index contributed by atoms with van der Waals surface area (Å²) in [6, 6.07) is -0.179. The molecule has 0 aliphatic carbocycles. The zero-order chi connectivity index (χ0) is 14.7. The van der Waals surface area contributed by atoms with Gasteiger partial charge in [-0.15, -0.1) is 0 Å². The van der Waals surface area contributed by atoms with Gasteiger partial charge in [-0.2, -0.15) is 0 Å². The zero-order valence-corrected chi connectivity index (χ0v) is 12.2. The molecule has 0 aliphatic rings. The molecule has 6 nitrogen and oxygen atoms in total. The average Bonchev–Trinajstić information content (AvgIpc) is 2.39. The molecule has 0 aromatic heterocycles. The minimum Gasteiger partial charge on any atom is -0.453 e. The molecule has 0 aromatic carbocycles. The van der Waals surface area contributed by atoms with Gasteiger partial charge in [-0.25, -0.2) is 4.79 Å². The molecule has 1 N–H and O–H groups in total. The summed E-state index contributed by atoms with van der Waals surface area (Å²) in [6.07, 6.45) is 1.68. The van der Waals surface area contributed by atoms with Crippen LogP contribution in [0.5, 0.6) is 0 Å². The van der Waals surface area contributed by atoms with E-state index in [9.17, 15) is 9.59 Å². The molecule has 1 atom stereocenters. The van der Waals surface area contributed by atoms with Crippen molar-refractivity contribution in [2.45, 2.75) is 46.1 Å². The fourth-order valence-corrected chi connectivity index (χ4v) is 1.29. The first kappa shape index (κ1) is 17.7. The van der Waals surface area contributed by atoms with E-state index < -0.39 is 6.09 Å². The van der Waals surface area contributed by atoms with Crippen molar-refractivity contribution in [1.82, 2.24) is 5.32 Å². The van der Waals surface area contributed by atoms with Crippen molar-refractivity contribution < 1.29 is 23.8 Å². The molecule has 0 saturated carbocycles. The number of rotatable bonds is 9. The van der Waals surface area contributed by atoms with Crippen LogP contribution in [0.15, 0.2) is 0 Å². The maximum atomic E-state index is 11.2. The number of hydrogen-bond acceptors (Lipinski definition) is 5. The maximum Gasteiger partial charge on any atom is 0.407 e. The molecule has 112 valence electrons. The second kappa shape index (κ2) is 10.6. The summed E-state index contributed by atoms with van der Waals surface area (Å²) in [5.74, 6) is -0.0706. The molecule has 0 aromatic rings. The van der Waals surface area contributed by atoms with Crippen LogP contribution >= 0.6 is 0 Å². The van der Waals surface area contributed by atoms with E-state index in [0.29, 0.717) is 6.42 Å². The first-order chi connectivity index (χ1) is 9.01. The van der Waals surface area contributed by atoms with E-state index in [1.165, 1.54) is 7.11 Å². The highest BCUT2D eigenvalue weighted by Crippen LogP contribution is 2.03. The van der Waals surface area contributed by atoms with Gasteiger partial charge in [0.05, 0.1) is 19.8 Å². The van der Waals surface area contributed by atoms with Gasteiger partial charge in [0, 0.05) is 6.42 Å². The van der Waals surface area contributed by atoms with Crippen LogP contribution in [0.2, 0.25) is 0 Å². The van der Waals surface area contributed by atoms with Crippen LogP contribution in [-0.4, -0.2) is 38.6 Å². The number of nitrogens with one attached hydrogen (secondary N) is 1. The summed E-state index contributed by atoms with van der Waals surface area (Å²) >= 11 is 0. The normalized spacial score (nSPS) is 12.1. The van der Waals surface area contributed by atoms with E-state index in [1.807, 2.05) is 20.8 Å². The molecule has 0 unspecified atom stereocenters. The molecule has 0 spiro atoms. The van der Waals surface area contributed by atoms with Crippen molar-refractivity contribution in [3.05, 3.63) is 0 Å². The molecule has 0 rings (SSSR count). The van der Waals surface area contributed by atoms with E-state index >= 15 is 0 Å². The Hall–Kier alpha value is -1.30. The molecule has 6 heteroatoms. The highest BCUT2D eigenvalue weighted by Gasteiger charge is 2.16. The number of hydrogen-bond donors (Lipinski definition) is 1. The minimum atomic E-state index is -0.498. The fourth-order valence-electron chi connectivity index (χ4n) is 1.29. The number of amides is 1. The lowest BCUT2D eigenvalue weighted by molar-refractivity contribution is -0.157. The summed E-state index contributed by atoms with van der Waals surface area (Å²) in [6.45, 7) is 6.10. The third-order valence-electron chi connectivity index (χ3n) is 2.63. The first-order valence-corrected chi connectivity index (χ1v) is 6.59. The number of esters is 1. The molecule has 0 radical (unpaired) electrons. The lowest BCUT2D eigenvalue weighted by atomic mass is 10.1. The second-order valence-electron chi connectivity index (χ2n) is 4.59. The van der Waals surface area contributed by atoms with E-state index in [-0.39, 0.29) is 31.3 Å². The number of carbonyl (C=O) groups excluding carboxylic acids is 2. The van der Waals surface area contributed by atoms with Gasteiger partial charge in [-0.05, 0) is 12.3 Å². The summed E-state index contributed by atoms with van der Waals surface area (Å²) in [5.41, 5.74) is 0. The van der Waals surface area contributed by atoms with Gasteiger partial charge in [0.1, 0.15) is 0 Å². The third kappa shape index (κ3) is 9.30. The summed E-state index contributed by atoms with van der Waals surface area (Å²) in [7, 11) is 1.31. The second-order valence-corrected chi connectivity index (χ2v) is 4.59. The summed E-state index contributed by atoms with van der Waals surface area (Å²) in [4.78, 5) is 22.3. The Morgan fingerprint density at radius 2 is 1.95 bits per heavy atom. The number of ether oxygens (including phenoxy) is 3. The van der Waals surface area contributed by atoms with Crippen molar-refractivity contribution in [3.8, 4) is 0 Å². The van der Waals surface area contributed by atoms with Gasteiger partial charge >= 0.3 is 12.1 Å². The zero-order valence-electron chi connectivity index (χ0n) is 12.2. The summed E-state index contributed by atoms with van der Waals surface area (Å²) in [5, 5.41) is 2.66. The quantitative estimate of drug-likeness (QED) is 0.396. The van der Waals surface area contributed by atoms with Crippen molar-refractivity contribution in [1.29, 1.82) is 0 Å². The molecule has 0 saturated heterocycles. The standard InChI is InChI=1S/C13H25NO5/c1-5-6-7-12(15)19-9-18-8-11(10(2)3)14-13(16)17-4/h10-11H,5-9H2,1-4H3,(H,14,16)/t11-/m0/s1. The molecule has 0 aliphatic heterocycles. The maximum absolute atomic E-state index is 11.2. The average molecular weight is 275 g/mol. The van der Waals surface area contributed by atoms with Gasteiger partial charge in [0.15, 0.2) is 6.79 Å². The van der Waals surface area contributed by atoms with Crippen molar-refractivity contribution >= 4 is 12.1 Å².